The summed E-state index contributed by atoms with van der Waals surface area (Å²) in [6.07, 6.45) is -0.734. The zero-order chi connectivity index (χ0) is 13.1. The molecule has 0 bridgehead atoms. The van der Waals surface area contributed by atoms with E-state index in [1.54, 1.807) is 25.6 Å². The van der Waals surface area contributed by atoms with Gasteiger partial charge in [-0.1, -0.05) is 6.07 Å². The number of hydrogen-bond acceptors (Lipinski definition) is 4. The zero-order valence-electron chi connectivity index (χ0n) is 10.6. The fraction of sp³-hybridized carbons (Fsp3) is 0.286. The topological polar surface area (TPSA) is 38.7 Å². The Morgan fingerprint density at radius 2 is 1.72 bits per heavy atom. The van der Waals surface area contributed by atoms with Gasteiger partial charge in [-0.15, -0.1) is 0 Å². The summed E-state index contributed by atoms with van der Waals surface area (Å²) in [5.74, 6) is 1.26. The highest BCUT2D eigenvalue weighted by atomic mass is 32.1. The molecule has 18 heavy (non-hydrogen) atoms. The quantitative estimate of drug-likeness (QED) is 0.922. The van der Waals surface area contributed by atoms with Crippen molar-refractivity contribution in [2.45, 2.75) is 13.0 Å². The Balaban J connectivity index is 2.52. The molecule has 1 unspecified atom stereocenters. The van der Waals surface area contributed by atoms with E-state index in [4.69, 9.17) is 9.47 Å². The first-order valence-electron chi connectivity index (χ1n) is 5.60. The third-order valence-electron chi connectivity index (χ3n) is 2.93. The molecule has 0 fully saturated rings. The second kappa shape index (κ2) is 5.42. The van der Waals surface area contributed by atoms with E-state index in [9.17, 15) is 5.11 Å². The second-order valence-electron chi connectivity index (χ2n) is 3.99. The largest absolute Gasteiger partial charge is 0.496 e. The molecule has 1 heterocycles. The van der Waals surface area contributed by atoms with Gasteiger partial charge in [-0.3, -0.25) is 0 Å². The Hall–Kier alpha value is -1.52. The van der Waals surface area contributed by atoms with Gasteiger partial charge in [0.25, 0.3) is 0 Å². The van der Waals surface area contributed by atoms with E-state index in [1.807, 2.05) is 35.9 Å². The molecular formula is C14H16O3S. The predicted molar refractivity (Wildman–Crippen MR) is 72.7 cm³/mol. The Morgan fingerprint density at radius 3 is 2.17 bits per heavy atom. The molecule has 0 saturated heterocycles. The maximum absolute atomic E-state index is 10.5. The van der Waals surface area contributed by atoms with E-state index in [1.165, 1.54) is 0 Å². The zero-order valence-corrected chi connectivity index (χ0v) is 11.5. The number of aryl methyl sites for hydroxylation is 1. The van der Waals surface area contributed by atoms with Crippen LogP contribution in [0.4, 0.5) is 0 Å². The minimum Gasteiger partial charge on any atom is -0.496 e. The van der Waals surface area contributed by atoms with Crippen LogP contribution in [-0.4, -0.2) is 19.3 Å². The molecule has 1 aromatic carbocycles. The van der Waals surface area contributed by atoms with Gasteiger partial charge in [0.2, 0.25) is 0 Å². The van der Waals surface area contributed by atoms with Gasteiger partial charge in [0.15, 0.2) is 0 Å². The molecule has 3 nitrogen and oxygen atoms in total. The summed E-state index contributed by atoms with van der Waals surface area (Å²) >= 11 is 1.57. The molecule has 0 radical (unpaired) electrons. The molecule has 0 aliphatic carbocycles. The van der Waals surface area contributed by atoms with Gasteiger partial charge in [0.1, 0.15) is 17.6 Å². The number of hydrogen-bond donors (Lipinski definition) is 1. The maximum Gasteiger partial charge on any atom is 0.128 e. The highest BCUT2D eigenvalue weighted by molar-refractivity contribution is 7.08. The average Bonchev–Trinajstić information content (AvgIpc) is 2.83. The second-order valence-corrected chi connectivity index (χ2v) is 4.73. The van der Waals surface area contributed by atoms with Crippen molar-refractivity contribution in [3.05, 3.63) is 45.6 Å². The van der Waals surface area contributed by atoms with Crippen LogP contribution in [0.5, 0.6) is 11.5 Å². The Kier molecular flexibility index (Phi) is 3.89. The van der Waals surface area contributed by atoms with Gasteiger partial charge in [0.05, 0.1) is 19.8 Å². The van der Waals surface area contributed by atoms with Crippen LogP contribution in [0, 0.1) is 6.92 Å². The van der Waals surface area contributed by atoms with Crippen LogP contribution in [0.3, 0.4) is 0 Å². The third kappa shape index (κ3) is 2.21. The normalized spacial score (nSPS) is 12.2. The lowest BCUT2D eigenvalue weighted by molar-refractivity contribution is 0.208. The first-order chi connectivity index (χ1) is 8.69. The van der Waals surface area contributed by atoms with Gasteiger partial charge in [-0.25, -0.2) is 0 Å². The number of methoxy groups -OCH3 is 2. The average molecular weight is 264 g/mol. The van der Waals surface area contributed by atoms with Crippen LogP contribution in [0.25, 0.3) is 0 Å². The van der Waals surface area contributed by atoms with Crippen molar-refractivity contribution in [2.24, 2.45) is 0 Å². The molecule has 4 heteroatoms. The molecule has 1 atom stereocenters. The van der Waals surface area contributed by atoms with Crippen molar-refractivity contribution >= 4 is 11.3 Å². The minimum absolute atomic E-state index is 0.632. The summed E-state index contributed by atoms with van der Waals surface area (Å²) in [7, 11) is 3.18. The van der Waals surface area contributed by atoms with Gasteiger partial charge in [0, 0.05) is 0 Å². The lowest BCUT2D eigenvalue weighted by Crippen LogP contribution is -2.05. The van der Waals surface area contributed by atoms with E-state index in [2.05, 4.69) is 0 Å². The van der Waals surface area contributed by atoms with Crippen LogP contribution in [-0.2, 0) is 0 Å². The van der Waals surface area contributed by atoms with E-state index in [-0.39, 0.29) is 0 Å². The van der Waals surface area contributed by atoms with Crippen molar-refractivity contribution < 1.29 is 14.6 Å². The molecule has 96 valence electrons. The Bertz CT molecular complexity index is 511. The first-order valence-corrected chi connectivity index (χ1v) is 6.55. The SMILES string of the molecule is COc1cccc(OC)c1C(O)c1cscc1C. The monoisotopic (exact) mass is 264 g/mol. The van der Waals surface area contributed by atoms with Crippen LogP contribution in [0.1, 0.15) is 22.8 Å². The molecule has 0 aliphatic heterocycles. The molecule has 2 rings (SSSR count). The van der Waals surface area contributed by atoms with Crippen molar-refractivity contribution in [1.29, 1.82) is 0 Å². The number of ether oxygens (including phenoxy) is 2. The molecule has 0 amide bonds. The molecule has 0 aliphatic rings. The van der Waals surface area contributed by atoms with Crippen molar-refractivity contribution in [2.75, 3.05) is 14.2 Å². The smallest absolute Gasteiger partial charge is 0.128 e. The van der Waals surface area contributed by atoms with Crippen molar-refractivity contribution in [3.63, 3.8) is 0 Å². The van der Waals surface area contributed by atoms with Gasteiger partial charge >= 0.3 is 0 Å². The lowest BCUT2D eigenvalue weighted by atomic mass is 9.99. The highest BCUT2D eigenvalue weighted by Crippen LogP contribution is 2.38. The molecule has 0 spiro atoms. The standard InChI is InChI=1S/C14H16O3S/c1-9-7-18-8-10(9)14(15)13-11(16-2)5-4-6-12(13)17-3/h4-8,14-15H,1-3H3. The van der Waals surface area contributed by atoms with Crippen LogP contribution in [0.2, 0.25) is 0 Å². The van der Waals surface area contributed by atoms with Gasteiger partial charge in [-0.05, 0) is 40.9 Å². The first kappa shape index (κ1) is 12.9. The summed E-state index contributed by atoms with van der Waals surface area (Å²) in [6, 6.07) is 5.49. The molecular weight excluding hydrogens is 248 g/mol. The Labute approximate surface area is 111 Å². The van der Waals surface area contributed by atoms with Gasteiger partial charge in [-0.2, -0.15) is 11.3 Å². The number of aliphatic hydroxyl groups is 1. The summed E-state index contributed by atoms with van der Waals surface area (Å²) in [5.41, 5.74) is 2.63. The minimum atomic E-state index is -0.734. The molecule has 2 aromatic rings. The van der Waals surface area contributed by atoms with Gasteiger partial charge < -0.3 is 14.6 Å². The third-order valence-corrected chi connectivity index (χ3v) is 3.81. The number of rotatable bonds is 4. The van der Waals surface area contributed by atoms with Crippen molar-refractivity contribution in [3.8, 4) is 11.5 Å². The molecule has 1 aromatic heterocycles. The predicted octanol–water partition coefficient (Wildman–Crippen LogP) is 3.16. The summed E-state index contributed by atoms with van der Waals surface area (Å²) < 4.78 is 10.6. The number of thiophene rings is 1. The maximum atomic E-state index is 10.5. The molecule has 0 saturated carbocycles. The molecule has 1 N–H and O–H groups in total. The van der Waals surface area contributed by atoms with E-state index in [0.717, 1.165) is 11.1 Å². The summed E-state index contributed by atoms with van der Waals surface area (Å²) in [6.45, 7) is 1.98. The fourth-order valence-electron chi connectivity index (χ4n) is 1.96. The van der Waals surface area contributed by atoms with E-state index >= 15 is 0 Å². The lowest BCUT2D eigenvalue weighted by Gasteiger charge is -2.18. The van der Waals surface area contributed by atoms with E-state index in [0.29, 0.717) is 17.1 Å². The van der Waals surface area contributed by atoms with Crippen LogP contribution < -0.4 is 9.47 Å². The van der Waals surface area contributed by atoms with Crippen molar-refractivity contribution in [1.82, 2.24) is 0 Å². The fourth-order valence-corrected chi connectivity index (χ4v) is 2.83. The number of benzene rings is 1. The summed E-state index contributed by atoms with van der Waals surface area (Å²) in [5, 5.41) is 14.5. The summed E-state index contributed by atoms with van der Waals surface area (Å²) in [4.78, 5) is 0. The van der Waals surface area contributed by atoms with E-state index < -0.39 is 6.10 Å². The highest BCUT2D eigenvalue weighted by Gasteiger charge is 2.22. The Morgan fingerprint density at radius 1 is 1.11 bits per heavy atom. The van der Waals surface area contributed by atoms with Crippen LogP contribution >= 0.6 is 11.3 Å². The van der Waals surface area contributed by atoms with Crippen LogP contribution in [0.15, 0.2) is 29.0 Å². The number of aliphatic hydroxyl groups excluding tert-OH is 1.